The summed E-state index contributed by atoms with van der Waals surface area (Å²) in [5, 5.41) is 6.89. The fourth-order valence-electron chi connectivity index (χ4n) is 3.75. The molecule has 33 heavy (non-hydrogen) atoms. The molecule has 8 heteroatoms. The second kappa shape index (κ2) is 8.54. The zero-order valence-corrected chi connectivity index (χ0v) is 18.2. The fraction of sp³-hybridized carbons (Fsp3) is 0.240. The summed E-state index contributed by atoms with van der Waals surface area (Å²) in [5.74, 6) is 0.397. The second-order valence-corrected chi connectivity index (χ2v) is 8.32. The van der Waals surface area contributed by atoms with Crippen molar-refractivity contribution < 1.29 is 13.7 Å². The SMILES string of the molecule is Cc1ccc(-c2cc(C(=O)N[C@@H](c3nc(C)no3)C3CC3)cc(-c3ncccc3F)c2)nc1. The lowest BCUT2D eigenvalue weighted by Gasteiger charge is -2.16. The zero-order valence-electron chi connectivity index (χ0n) is 18.2. The van der Waals surface area contributed by atoms with Gasteiger partial charge in [-0.1, -0.05) is 11.2 Å². The van der Waals surface area contributed by atoms with E-state index in [1.807, 2.05) is 19.1 Å². The molecule has 166 valence electrons. The topological polar surface area (TPSA) is 93.8 Å². The van der Waals surface area contributed by atoms with Crippen LogP contribution in [0.1, 0.15) is 46.5 Å². The molecule has 3 aromatic heterocycles. The lowest BCUT2D eigenvalue weighted by Crippen LogP contribution is -2.30. The van der Waals surface area contributed by atoms with Crippen LogP contribution in [0.3, 0.4) is 0 Å². The summed E-state index contributed by atoms with van der Waals surface area (Å²) in [7, 11) is 0. The maximum absolute atomic E-state index is 14.5. The van der Waals surface area contributed by atoms with Crippen molar-refractivity contribution in [2.24, 2.45) is 5.92 Å². The van der Waals surface area contributed by atoms with Crippen LogP contribution >= 0.6 is 0 Å². The van der Waals surface area contributed by atoms with Crippen LogP contribution in [0, 0.1) is 25.6 Å². The number of rotatable bonds is 6. The number of nitrogens with zero attached hydrogens (tertiary/aromatic N) is 4. The molecule has 3 heterocycles. The smallest absolute Gasteiger partial charge is 0.251 e. The van der Waals surface area contributed by atoms with Crippen molar-refractivity contribution in [2.75, 3.05) is 0 Å². The van der Waals surface area contributed by atoms with Gasteiger partial charge in [-0.25, -0.2) is 4.39 Å². The third-order valence-corrected chi connectivity index (χ3v) is 5.62. The lowest BCUT2D eigenvalue weighted by atomic mass is 9.99. The van der Waals surface area contributed by atoms with Crippen molar-refractivity contribution >= 4 is 5.91 Å². The molecule has 1 saturated carbocycles. The third-order valence-electron chi connectivity index (χ3n) is 5.62. The van der Waals surface area contributed by atoms with Gasteiger partial charge < -0.3 is 9.84 Å². The molecule has 1 aliphatic rings. The number of carbonyl (C=O) groups excluding carboxylic acids is 1. The van der Waals surface area contributed by atoms with E-state index in [0.29, 0.717) is 34.1 Å². The highest BCUT2D eigenvalue weighted by Crippen LogP contribution is 2.40. The fourth-order valence-corrected chi connectivity index (χ4v) is 3.75. The first kappa shape index (κ1) is 20.9. The Morgan fingerprint density at radius 1 is 1.12 bits per heavy atom. The van der Waals surface area contributed by atoms with Crippen LogP contribution in [0.5, 0.6) is 0 Å². The maximum Gasteiger partial charge on any atom is 0.251 e. The normalized spacial score (nSPS) is 14.2. The minimum Gasteiger partial charge on any atom is -0.340 e. The molecule has 0 spiro atoms. The van der Waals surface area contributed by atoms with Crippen molar-refractivity contribution in [2.45, 2.75) is 32.7 Å². The van der Waals surface area contributed by atoms with Gasteiger partial charge in [-0.2, -0.15) is 4.98 Å². The Kier molecular flexibility index (Phi) is 5.42. The Bertz CT molecular complexity index is 1310. The molecule has 1 fully saturated rings. The van der Waals surface area contributed by atoms with Crippen LogP contribution in [-0.2, 0) is 0 Å². The molecule has 1 atom stereocenters. The van der Waals surface area contributed by atoms with Gasteiger partial charge in [-0.15, -0.1) is 0 Å². The standard InChI is InChI=1S/C25H22FN5O2/c1-14-5-8-21(28-13-14)17-10-18(22-20(26)4-3-9-27-22)12-19(11-17)24(32)30-23(16-6-7-16)25-29-15(2)31-33-25/h3-5,8-13,16,23H,6-7H2,1-2H3,(H,30,32)/t23-/m1/s1. The molecule has 0 aliphatic heterocycles. The number of halogens is 1. The number of carbonyl (C=O) groups is 1. The van der Waals surface area contributed by atoms with E-state index in [1.54, 1.807) is 31.3 Å². The van der Waals surface area contributed by atoms with Crippen molar-refractivity contribution in [1.29, 1.82) is 0 Å². The summed E-state index contributed by atoms with van der Waals surface area (Å²) in [6.45, 7) is 3.69. The average Bonchev–Trinajstić information content (AvgIpc) is 3.57. The molecular weight excluding hydrogens is 421 g/mol. The summed E-state index contributed by atoms with van der Waals surface area (Å²) in [6.07, 6.45) is 5.23. The number of hydrogen-bond donors (Lipinski definition) is 1. The summed E-state index contributed by atoms with van der Waals surface area (Å²) < 4.78 is 19.9. The van der Waals surface area contributed by atoms with Crippen LogP contribution in [0.25, 0.3) is 22.5 Å². The molecule has 5 rings (SSSR count). The number of amides is 1. The summed E-state index contributed by atoms with van der Waals surface area (Å²) in [5.41, 5.74) is 3.43. The van der Waals surface area contributed by atoms with Gasteiger partial charge in [0.2, 0.25) is 5.89 Å². The van der Waals surface area contributed by atoms with Gasteiger partial charge in [0.25, 0.3) is 5.91 Å². The Labute approximate surface area is 190 Å². The van der Waals surface area contributed by atoms with E-state index in [1.165, 1.54) is 18.3 Å². The van der Waals surface area contributed by atoms with Crippen molar-refractivity contribution in [1.82, 2.24) is 25.4 Å². The van der Waals surface area contributed by atoms with Gasteiger partial charge in [0, 0.05) is 29.1 Å². The summed E-state index contributed by atoms with van der Waals surface area (Å²) in [4.78, 5) is 26.3. The second-order valence-electron chi connectivity index (χ2n) is 8.32. The van der Waals surface area contributed by atoms with E-state index >= 15 is 0 Å². The van der Waals surface area contributed by atoms with Crippen LogP contribution in [-0.4, -0.2) is 26.0 Å². The van der Waals surface area contributed by atoms with Gasteiger partial charge in [-0.05, 0) is 74.6 Å². The number of pyridine rings is 2. The molecule has 0 bridgehead atoms. The molecule has 1 aliphatic carbocycles. The molecule has 4 aromatic rings. The summed E-state index contributed by atoms with van der Waals surface area (Å²) >= 11 is 0. The molecule has 7 nitrogen and oxygen atoms in total. The van der Waals surface area contributed by atoms with E-state index in [2.05, 4.69) is 25.4 Å². The van der Waals surface area contributed by atoms with Crippen LogP contribution < -0.4 is 5.32 Å². The first-order valence-corrected chi connectivity index (χ1v) is 10.8. The number of benzene rings is 1. The van der Waals surface area contributed by atoms with Crippen LogP contribution in [0.15, 0.2) is 59.4 Å². The zero-order chi connectivity index (χ0) is 22.9. The third kappa shape index (κ3) is 4.50. The van der Waals surface area contributed by atoms with Crippen molar-refractivity contribution in [3.8, 4) is 22.5 Å². The van der Waals surface area contributed by atoms with E-state index < -0.39 is 5.82 Å². The highest BCUT2D eigenvalue weighted by atomic mass is 19.1. The van der Waals surface area contributed by atoms with Gasteiger partial charge in [0.1, 0.15) is 17.6 Å². The van der Waals surface area contributed by atoms with Crippen LogP contribution in [0.2, 0.25) is 0 Å². The Morgan fingerprint density at radius 2 is 1.94 bits per heavy atom. The molecule has 0 radical (unpaired) electrons. The Hall–Kier alpha value is -3.94. The van der Waals surface area contributed by atoms with Crippen LogP contribution in [0.4, 0.5) is 4.39 Å². The first-order chi connectivity index (χ1) is 16.0. The quantitative estimate of drug-likeness (QED) is 0.459. The Morgan fingerprint density at radius 3 is 2.61 bits per heavy atom. The molecular formula is C25H22FN5O2. The number of aromatic nitrogens is 4. The summed E-state index contributed by atoms with van der Waals surface area (Å²) in [6, 6.07) is 11.5. The molecule has 1 amide bonds. The molecule has 0 saturated heterocycles. The molecule has 1 aromatic carbocycles. The van der Waals surface area contributed by atoms with Crippen molar-refractivity contribution in [3.05, 3.63) is 83.5 Å². The highest BCUT2D eigenvalue weighted by molar-refractivity contribution is 5.97. The predicted octanol–water partition coefficient (Wildman–Crippen LogP) is 4.83. The number of hydrogen-bond acceptors (Lipinski definition) is 6. The van der Waals surface area contributed by atoms with Gasteiger partial charge in [0.05, 0.1) is 5.69 Å². The number of nitrogens with one attached hydrogen (secondary N) is 1. The predicted molar refractivity (Wildman–Crippen MR) is 120 cm³/mol. The largest absolute Gasteiger partial charge is 0.340 e. The molecule has 0 unspecified atom stereocenters. The first-order valence-electron chi connectivity index (χ1n) is 10.8. The van der Waals surface area contributed by atoms with E-state index in [4.69, 9.17) is 4.52 Å². The van der Waals surface area contributed by atoms with E-state index in [-0.39, 0.29) is 23.6 Å². The van der Waals surface area contributed by atoms with E-state index in [9.17, 15) is 9.18 Å². The van der Waals surface area contributed by atoms with Gasteiger partial charge in [0.15, 0.2) is 5.82 Å². The van der Waals surface area contributed by atoms with E-state index in [0.717, 1.165) is 18.4 Å². The minimum absolute atomic E-state index is 0.173. The minimum atomic E-state index is -0.463. The molecule has 1 N–H and O–H groups in total. The van der Waals surface area contributed by atoms with Gasteiger partial charge in [-0.3, -0.25) is 14.8 Å². The number of aryl methyl sites for hydroxylation is 2. The Balaban J connectivity index is 1.54. The maximum atomic E-state index is 14.5. The van der Waals surface area contributed by atoms with Gasteiger partial charge >= 0.3 is 0 Å². The monoisotopic (exact) mass is 443 g/mol. The highest BCUT2D eigenvalue weighted by Gasteiger charge is 2.37. The van der Waals surface area contributed by atoms with Crippen molar-refractivity contribution in [3.63, 3.8) is 0 Å². The average molecular weight is 443 g/mol. The lowest BCUT2D eigenvalue weighted by molar-refractivity contribution is 0.0922.